The second-order valence-corrected chi connectivity index (χ2v) is 6.10. The van der Waals surface area contributed by atoms with E-state index in [1.807, 2.05) is 11.8 Å². The molecule has 0 aliphatic carbocycles. The van der Waals surface area contributed by atoms with Crippen LogP contribution in [-0.2, 0) is 10.8 Å². The number of hydrogen-bond acceptors (Lipinski definition) is 3. The molecule has 0 unspecified atom stereocenters. The minimum absolute atomic E-state index is 0.514. The highest BCUT2D eigenvalue weighted by molar-refractivity contribution is 7.98. The van der Waals surface area contributed by atoms with Gasteiger partial charge >= 0.3 is 0 Å². The molecular formula is C9H19NOS2. The summed E-state index contributed by atoms with van der Waals surface area (Å²) in [6.07, 6.45) is 5.60. The van der Waals surface area contributed by atoms with Gasteiger partial charge in [-0.3, -0.25) is 4.21 Å². The Bertz CT molecular complexity index is 154. The Labute approximate surface area is 87.7 Å². The van der Waals surface area contributed by atoms with E-state index in [1.54, 1.807) is 0 Å². The lowest BCUT2D eigenvalue weighted by Crippen LogP contribution is -2.36. The van der Waals surface area contributed by atoms with Crippen molar-refractivity contribution in [3.8, 4) is 0 Å². The maximum Gasteiger partial charge on any atom is 0.0249 e. The van der Waals surface area contributed by atoms with E-state index in [0.29, 0.717) is 6.04 Å². The zero-order valence-electron chi connectivity index (χ0n) is 8.25. The SMILES string of the molecule is CSCCCNC1CCS(=O)CC1. The molecule has 1 rings (SSSR count). The Balaban J connectivity index is 1.99. The van der Waals surface area contributed by atoms with Crippen LogP contribution >= 0.6 is 11.8 Å². The molecule has 0 saturated carbocycles. The molecule has 0 radical (unpaired) electrons. The first-order valence-electron chi connectivity index (χ1n) is 4.90. The lowest BCUT2D eigenvalue weighted by molar-refractivity contribution is 0.477. The van der Waals surface area contributed by atoms with Gasteiger partial charge in [-0.2, -0.15) is 11.8 Å². The van der Waals surface area contributed by atoms with E-state index in [2.05, 4.69) is 11.6 Å². The van der Waals surface area contributed by atoms with Crippen molar-refractivity contribution in [2.75, 3.05) is 30.1 Å². The molecule has 13 heavy (non-hydrogen) atoms. The number of nitrogens with one attached hydrogen (secondary N) is 1. The number of thioether (sulfide) groups is 1. The molecule has 1 aliphatic rings. The molecule has 0 aromatic carbocycles. The lowest BCUT2D eigenvalue weighted by Gasteiger charge is -2.22. The van der Waals surface area contributed by atoms with Crippen molar-refractivity contribution in [1.82, 2.24) is 5.32 Å². The third-order valence-electron chi connectivity index (χ3n) is 2.35. The highest BCUT2D eigenvalue weighted by atomic mass is 32.2. The van der Waals surface area contributed by atoms with Gasteiger partial charge in [-0.25, -0.2) is 0 Å². The van der Waals surface area contributed by atoms with Gasteiger partial charge in [0.1, 0.15) is 0 Å². The van der Waals surface area contributed by atoms with Crippen molar-refractivity contribution in [3.63, 3.8) is 0 Å². The second kappa shape index (κ2) is 6.85. The molecular weight excluding hydrogens is 202 g/mol. The second-order valence-electron chi connectivity index (χ2n) is 3.42. The summed E-state index contributed by atoms with van der Waals surface area (Å²) >= 11 is 1.90. The third kappa shape index (κ3) is 5.03. The summed E-state index contributed by atoms with van der Waals surface area (Å²) in [5.41, 5.74) is 0. The molecule has 0 bridgehead atoms. The topological polar surface area (TPSA) is 29.1 Å². The molecule has 0 spiro atoms. The van der Waals surface area contributed by atoms with Gasteiger partial charge in [-0.15, -0.1) is 0 Å². The van der Waals surface area contributed by atoms with Crippen LogP contribution < -0.4 is 5.32 Å². The van der Waals surface area contributed by atoms with Gasteiger partial charge in [0.05, 0.1) is 0 Å². The van der Waals surface area contributed by atoms with Gasteiger partial charge in [0.2, 0.25) is 0 Å². The van der Waals surface area contributed by atoms with E-state index in [-0.39, 0.29) is 0 Å². The van der Waals surface area contributed by atoms with Crippen LogP contribution in [-0.4, -0.2) is 40.3 Å². The van der Waals surface area contributed by atoms with Crippen LogP contribution in [0, 0.1) is 0 Å². The van der Waals surface area contributed by atoms with Gasteiger partial charge in [0.25, 0.3) is 0 Å². The van der Waals surface area contributed by atoms with E-state index in [0.717, 1.165) is 30.9 Å². The normalized spacial score (nSPS) is 29.0. The summed E-state index contributed by atoms with van der Waals surface area (Å²) in [7, 11) is -0.514. The third-order valence-corrected chi connectivity index (χ3v) is 4.43. The highest BCUT2D eigenvalue weighted by Gasteiger charge is 2.16. The van der Waals surface area contributed by atoms with Crippen LogP contribution in [0.5, 0.6) is 0 Å². The summed E-state index contributed by atoms with van der Waals surface area (Å²) in [6, 6.07) is 0.638. The van der Waals surface area contributed by atoms with Gasteiger partial charge in [-0.1, -0.05) is 0 Å². The number of hydrogen-bond donors (Lipinski definition) is 1. The van der Waals surface area contributed by atoms with Crippen LogP contribution in [0.25, 0.3) is 0 Å². The number of rotatable bonds is 5. The van der Waals surface area contributed by atoms with Crippen molar-refractivity contribution in [1.29, 1.82) is 0 Å². The van der Waals surface area contributed by atoms with Crippen LogP contribution in [0.4, 0.5) is 0 Å². The smallest absolute Gasteiger partial charge is 0.0249 e. The predicted octanol–water partition coefficient (Wildman–Crippen LogP) is 1.24. The fraction of sp³-hybridized carbons (Fsp3) is 1.00. The van der Waals surface area contributed by atoms with Crippen LogP contribution in [0.3, 0.4) is 0 Å². The Morgan fingerprint density at radius 3 is 2.77 bits per heavy atom. The Morgan fingerprint density at radius 1 is 1.46 bits per heavy atom. The van der Waals surface area contributed by atoms with E-state index < -0.39 is 10.8 Å². The molecule has 1 fully saturated rings. The standard InChI is InChI=1S/C9H19NOS2/c1-12-6-2-5-10-9-3-7-13(11)8-4-9/h9-10H,2-8H2,1H3. The minimum Gasteiger partial charge on any atom is -0.314 e. The zero-order chi connectivity index (χ0) is 9.52. The molecule has 1 saturated heterocycles. The van der Waals surface area contributed by atoms with Crippen molar-refractivity contribution < 1.29 is 4.21 Å². The largest absolute Gasteiger partial charge is 0.314 e. The fourth-order valence-electron chi connectivity index (χ4n) is 1.52. The lowest BCUT2D eigenvalue weighted by atomic mass is 10.1. The van der Waals surface area contributed by atoms with Crippen LogP contribution in [0.1, 0.15) is 19.3 Å². The molecule has 2 nitrogen and oxygen atoms in total. The maximum atomic E-state index is 11.1. The van der Waals surface area contributed by atoms with Gasteiger partial charge in [0.15, 0.2) is 0 Å². The highest BCUT2D eigenvalue weighted by Crippen LogP contribution is 2.08. The molecule has 78 valence electrons. The Hall–Kier alpha value is 0.460. The summed E-state index contributed by atoms with van der Waals surface area (Å²) in [4.78, 5) is 0. The van der Waals surface area contributed by atoms with Crippen molar-refractivity contribution in [2.45, 2.75) is 25.3 Å². The summed E-state index contributed by atoms with van der Waals surface area (Å²) in [5, 5.41) is 3.53. The summed E-state index contributed by atoms with van der Waals surface area (Å²) < 4.78 is 11.1. The molecule has 4 heteroatoms. The quantitative estimate of drug-likeness (QED) is 0.708. The first-order chi connectivity index (χ1) is 6.33. The van der Waals surface area contributed by atoms with Crippen molar-refractivity contribution in [3.05, 3.63) is 0 Å². The van der Waals surface area contributed by atoms with E-state index in [1.165, 1.54) is 12.2 Å². The molecule has 0 amide bonds. The average molecular weight is 221 g/mol. The van der Waals surface area contributed by atoms with Crippen LogP contribution in [0.2, 0.25) is 0 Å². The van der Waals surface area contributed by atoms with Gasteiger partial charge in [0, 0.05) is 28.3 Å². The average Bonchev–Trinajstić information content (AvgIpc) is 2.15. The monoisotopic (exact) mass is 221 g/mol. The van der Waals surface area contributed by atoms with Crippen molar-refractivity contribution in [2.24, 2.45) is 0 Å². The molecule has 1 aliphatic heterocycles. The predicted molar refractivity (Wildman–Crippen MR) is 61.9 cm³/mol. The van der Waals surface area contributed by atoms with Crippen molar-refractivity contribution >= 4 is 22.6 Å². The summed E-state index contributed by atoms with van der Waals surface area (Å²) in [6.45, 7) is 1.12. The summed E-state index contributed by atoms with van der Waals surface area (Å²) in [5.74, 6) is 3.05. The zero-order valence-corrected chi connectivity index (χ0v) is 9.88. The first kappa shape index (κ1) is 11.5. The Kier molecular flexibility index (Phi) is 6.07. The molecule has 0 aromatic rings. The van der Waals surface area contributed by atoms with Crippen LogP contribution in [0.15, 0.2) is 0 Å². The van der Waals surface area contributed by atoms with E-state index >= 15 is 0 Å². The fourth-order valence-corrected chi connectivity index (χ4v) is 3.25. The Morgan fingerprint density at radius 2 is 2.15 bits per heavy atom. The van der Waals surface area contributed by atoms with E-state index in [9.17, 15) is 4.21 Å². The molecule has 1 N–H and O–H groups in total. The van der Waals surface area contributed by atoms with Gasteiger partial charge in [-0.05, 0) is 37.8 Å². The van der Waals surface area contributed by atoms with Gasteiger partial charge < -0.3 is 5.32 Å². The maximum absolute atomic E-state index is 11.1. The molecule has 0 aromatic heterocycles. The first-order valence-corrected chi connectivity index (χ1v) is 7.78. The minimum atomic E-state index is -0.514. The molecule has 1 heterocycles. The molecule has 0 atom stereocenters. The van der Waals surface area contributed by atoms with E-state index in [4.69, 9.17) is 0 Å².